The van der Waals surface area contributed by atoms with Crippen molar-refractivity contribution in [2.75, 3.05) is 11.1 Å². The molecule has 0 saturated heterocycles. The molecule has 4 rings (SSSR count). The van der Waals surface area contributed by atoms with E-state index in [4.69, 9.17) is 5.73 Å². The number of nitrogens with two attached hydrogens (primary N) is 1. The van der Waals surface area contributed by atoms with E-state index in [2.05, 4.69) is 128 Å². The van der Waals surface area contributed by atoms with Gasteiger partial charge in [-0.3, -0.25) is 0 Å². The molecule has 3 N–H and O–H groups in total. The topological polar surface area (TPSA) is 38.0 Å². The van der Waals surface area contributed by atoms with Gasteiger partial charge in [0.05, 0.1) is 0 Å². The Kier molecular flexibility index (Phi) is 11.4. The van der Waals surface area contributed by atoms with Crippen LogP contribution in [0.2, 0.25) is 0 Å². The van der Waals surface area contributed by atoms with E-state index in [1.807, 2.05) is 54.6 Å². The fourth-order valence-corrected chi connectivity index (χ4v) is 4.39. The van der Waals surface area contributed by atoms with E-state index in [0.717, 1.165) is 17.1 Å². The molecular formula is C24H21I3N2. The third kappa shape index (κ3) is 10.9. The molecule has 4 aromatic carbocycles. The molecule has 0 atom stereocenters. The summed E-state index contributed by atoms with van der Waals surface area (Å²) in [5.74, 6) is 0. The lowest BCUT2D eigenvalue weighted by atomic mass is 10.3. The third-order valence-corrected chi connectivity index (χ3v) is 5.49. The highest BCUT2D eigenvalue weighted by atomic mass is 127. The van der Waals surface area contributed by atoms with E-state index >= 15 is 0 Å². The summed E-state index contributed by atoms with van der Waals surface area (Å²) in [6.07, 6.45) is 0. The van der Waals surface area contributed by atoms with Gasteiger partial charge in [0.2, 0.25) is 0 Å². The summed E-state index contributed by atoms with van der Waals surface area (Å²) in [6, 6.07) is 36.3. The van der Waals surface area contributed by atoms with Gasteiger partial charge in [-0.1, -0.05) is 48.5 Å². The average Bonchev–Trinajstić information content (AvgIpc) is 2.70. The molecular weight excluding hydrogens is 697 g/mol. The van der Waals surface area contributed by atoms with Crippen molar-refractivity contribution in [2.45, 2.75) is 0 Å². The normalized spacial score (nSPS) is 9.34. The van der Waals surface area contributed by atoms with Crippen LogP contribution < -0.4 is 11.1 Å². The molecule has 0 heterocycles. The molecule has 2 nitrogen and oxygen atoms in total. The minimum absolute atomic E-state index is 0.822. The zero-order valence-corrected chi connectivity index (χ0v) is 22.1. The second-order valence-electron chi connectivity index (χ2n) is 5.85. The van der Waals surface area contributed by atoms with Crippen LogP contribution in [0, 0.1) is 10.7 Å². The van der Waals surface area contributed by atoms with Crippen LogP contribution in [0.4, 0.5) is 17.1 Å². The van der Waals surface area contributed by atoms with Crippen LogP contribution in [0.5, 0.6) is 0 Å². The molecule has 0 spiro atoms. The molecule has 0 saturated carbocycles. The monoisotopic (exact) mass is 718 g/mol. The molecule has 0 aromatic heterocycles. The smallest absolute Gasteiger partial charge is 0.0394 e. The molecule has 0 aliphatic carbocycles. The van der Waals surface area contributed by atoms with Gasteiger partial charge in [0.1, 0.15) is 0 Å². The second-order valence-corrected chi connectivity index (χ2v) is 9.59. The van der Waals surface area contributed by atoms with Crippen molar-refractivity contribution in [3.05, 3.63) is 120 Å². The lowest BCUT2D eigenvalue weighted by molar-refractivity contribution is 1.53. The van der Waals surface area contributed by atoms with Crippen molar-refractivity contribution < 1.29 is 0 Å². The van der Waals surface area contributed by atoms with Crippen LogP contribution in [0.1, 0.15) is 0 Å². The number of anilines is 3. The maximum absolute atomic E-state index is 5.36. The second kappa shape index (κ2) is 13.8. The largest absolute Gasteiger partial charge is 0.399 e. The van der Waals surface area contributed by atoms with Gasteiger partial charge in [-0.05, 0) is 128 Å². The van der Waals surface area contributed by atoms with Crippen LogP contribution in [-0.4, -0.2) is 0 Å². The van der Waals surface area contributed by atoms with Crippen LogP contribution in [0.15, 0.2) is 109 Å². The Morgan fingerprint density at radius 1 is 0.483 bits per heavy atom. The van der Waals surface area contributed by atoms with Gasteiger partial charge in [-0.2, -0.15) is 0 Å². The first-order valence-electron chi connectivity index (χ1n) is 8.82. The van der Waals surface area contributed by atoms with Crippen molar-refractivity contribution >= 4 is 84.8 Å². The maximum atomic E-state index is 5.36. The maximum Gasteiger partial charge on any atom is 0.0394 e. The molecule has 5 heteroatoms. The highest BCUT2D eigenvalue weighted by Crippen LogP contribution is 2.17. The number of benzene rings is 4. The summed E-state index contributed by atoms with van der Waals surface area (Å²) in [6.45, 7) is 0. The summed E-state index contributed by atoms with van der Waals surface area (Å²) in [4.78, 5) is 0. The van der Waals surface area contributed by atoms with E-state index in [-0.39, 0.29) is 0 Å². The quantitative estimate of drug-likeness (QED) is 0.162. The fraction of sp³-hybridized carbons (Fsp3) is 0. The number of rotatable bonds is 2. The van der Waals surface area contributed by atoms with Crippen molar-refractivity contribution in [1.82, 2.24) is 0 Å². The lowest BCUT2D eigenvalue weighted by Crippen LogP contribution is -1.89. The highest BCUT2D eigenvalue weighted by Gasteiger charge is 1.93. The first-order chi connectivity index (χ1) is 14.0. The fourth-order valence-electron chi connectivity index (χ4n) is 2.17. The number of hydrogen-bond acceptors (Lipinski definition) is 2. The SMILES string of the molecule is Ic1cccc(I)c1.Ic1cccc(Nc2ccccc2)c1.Nc1ccccc1. The van der Waals surface area contributed by atoms with Crippen LogP contribution >= 0.6 is 67.8 Å². The average molecular weight is 718 g/mol. The van der Waals surface area contributed by atoms with Crippen molar-refractivity contribution in [3.8, 4) is 0 Å². The first-order valence-corrected chi connectivity index (χ1v) is 12.1. The molecule has 0 aliphatic rings. The third-order valence-electron chi connectivity index (χ3n) is 3.47. The van der Waals surface area contributed by atoms with Crippen molar-refractivity contribution in [2.24, 2.45) is 0 Å². The van der Waals surface area contributed by atoms with E-state index in [1.54, 1.807) is 0 Å². The summed E-state index contributed by atoms with van der Waals surface area (Å²) < 4.78 is 3.84. The standard InChI is InChI=1S/C12H10IN.C6H4I2.C6H7N/c13-10-5-4-8-12(9-10)14-11-6-2-1-3-7-11;7-5-2-1-3-6(8)4-5;7-6-4-2-1-3-5-6/h1-9,14H;1-4H;1-5H,7H2. The minimum Gasteiger partial charge on any atom is -0.399 e. The number of hydrogen-bond donors (Lipinski definition) is 2. The van der Waals surface area contributed by atoms with E-state index < -0.39 is 0 Å². The molecule has 0 unspecified atom stereocenters. The van der Waals surface area contributed by atoms with E-state index in [0.29, 0.717) is 0 Å². The van der Waals surface area contributed by atoms with Gasteiger partial charge in [-0.25, -0.2) is 0 Å². The number of para-hydroxylation sites is 2. The Labute approximate surface area is 213 Å². The highest BCUT2D eigenvalue weighted by molar-refractivity contribution is 14.1. The minimum atomic E-state index is 0.822. The Morgan fingerprint density at radius 2 is 0.931 bits per heavy atom. The van der Waals surface area contributed by atoms with Crippen LogP contribution in [0.3, 0.4) is 0 Å². The number of halogens is 3. The molecule has 0 aliphatic heterocycles. The van der Waals surface area contributed by atoms with E-state index in [1.165, 1.54) is 10.7 Å². The Hall–Kier alpha value is -1.33. The Balaban J connectivity index is 0.000000170. The molecule has 4 aromatic rings. The van der Waals surface area contributed by atoms with Gasteiger partial charge in [0, 0.05) is 27.8 Å². The van der Waals surface area contributed by atoms with E-state index in [9.17, 15) is 0 Å². The van der Waals surface area contributed by atoms with Gasteiger partial charge in [0.15, 0.2) is 0 Å². The molecule has 0 amide bonds. The molecule has 29 heavy (non-hydrogen) atoms. The summed E-state index contributed by atoms with van der Waals surface area (Å²) >= 11 is 6.91. The zero-order valence-electron chi connectivity index (χ0n) is 15.6. The summed E-state index contributed by atoms with van der Waals surface area (Å²) in [5, 5.41) is 3.34. The molecule has 0 bridgehead atoms. The lowest BCUT2D eigenvalue weighted by Gasteiger charge is -2.05. The van der Waals surface area contributed by atoms with Crippen LogP contribution in [-0.2, 0) is 0 Å². The van der Waals surface area contributed by atoms with Crippen molar-refractivity contribution in [3.63, 3.8) is 0 Å². The molecule has 0 fully saturated rings. The summed E-state index contributed by atoms with van der Waals surface area (Å²) in [7, 11) is 0. The van der Waals surface area contributed by atoms with Gasteiger partial charge >= 0.3 is 0 Å². The number of nitrogen functional groups attached to an aromatic ring is 1. The Morgan fingerprint density at radius 3 is 1.34 bits per heavy atom. The van der Waals surface area contributed by atoms with Gasteiger partial charge < -0.3 is 11.1 Å². The predicted molar refractivity (Wildman–Crippen MR) is 152 cm³/mol. The molecule has 148 valence electrons. The van der Waals surface area contributed by atoms with Gasteiger partial charge in [-0.15, -0.1) is 0 Å². The summed E-state index contributed by atoms with van der Waals surface area (Å²) in [5.41, 5.74) is 8.43. The number of nitrogens with one attached hydrogen (secondary N) is 1. The van der Waals surface area contributed by atoms with Crippen molar-refractivity contribution in [1.29, 1.82) is 0 Å². The predicted octanol–water partition coefficient (Wildman–Crippen LogP) is 8.20. The van der Waals surface area contributed by atoms with Gasteiger partial charge in [0.25, 0.3) is 0 Å². The zero-order chi connectivity index (χ0) is 20.9. The molecule has 0 radical (unpaired) electrons. The Bertz CT molecular complexity index is 960. The van der Waals surface area contributed by atoms with Crippen LogP contribution in [0.25, 0.3) is 0 Å². The first kappa shape index (κ1) is 23.9.